The normalized spacial score (nSPS) is 11.5. The number of nitrogens with two attached hydrogens (primary N) is 1. The lowest BCUT2D eigenvalue weighted by molar-refractivity contribution is -0.131. The Morgan fingerprint density at radius 2 is 2.10 bits per heavy atom. The number of halogens is 1. The molecule has 0 fully saturated rings. The highest BCUT2D eigenvalue weighted by molar-refractivity contribution is 5.85. The number of hydrogen-bond donors (Lipinski definition) is 2. The summed E-state index contributed by atoms with van der Waals surface area (Å²) in [7, 11) is 0. The molecule has 0 saturated heterocycles. The first kappa shape index (κ1) is 16.8. The van der Waals surface area contributed by atoms with Gasteiger partial charge in [-0.15, -0.1) is 0 Å². The topological polar surface area (TPSA) is 83.6 Å². The number of aliphatic carboxylic acids is 1. The molecule has 0 saturated carbocycles. The van der Waals surface area contributed by atoms with Crippen molar-refractivity contribution in [2.75, 3.05) is 6.54 Å². The van der Waals surface area contributed by atoms with Crippen molar-refractivity contribution < 1.29 is 19.1 Å². The maximum Gasteiger partial charge on any atom is 0.328 e. The molecule has 6 heteroatoms. The van der Waals surface area contributed by atoms with E-state index in [1.54, 1.807) is 12.1 Å². The molecule has 1 rings (SSSR count). The van der Waals surface area contributed by atoms with E-state index in [4.69, 9.17) is 10.8 Å². The molecule has 5 nitrogen and oxygen atoms in total. The number of primary amides is 1. The van der Waals surface area contributed by atoms with Gasteiger partial charge in [0, 0.05) is 24.2 Å². The van der Waals surface area contributed by atoms with Crippen LogP contribution in [0.4, 0.5) is 4.39 Å². The first-order valence-corrected chi connectivity index (χ1v) is 6.51. The van der Waals surface area contributed by atoms with Crippen molar-refractivity contribution in [3.63, 3.8) is 0 Å². The maximum atomic E-state index is 13.6. The third-order valence-electron chi connectivity index (χ3n) is 2.94. The Hall–Kier alpha value is -2.21. The number of carbonyl (C=O) groups is 2. The van der Waals surface area contributed by atoms with Gasteiger partial charge in [-0.3, -0.25) is 9.69 Å². The zero-order chi connectivity index (χ0) is 16.0. The molecule has 0 aliphatic rings. The van der Waals surface area contributed by atoms with E-state index in [1.165, 1.54) is 12.1 Å². The molecule has 3 N–H and O–H groups in total. The fraction of sp³-hybridized carbons (Fsp3) is 0.333. The average Bonchev–Trinajstić information content (AvgIpc) is 2.37. The summed E-state index contributed by atoms with van der Waals surface area (Å²) in [5.74, 6) is -2.07. The molecule has 21 heavy (non-hydrogen) atoms. The fourth-order valence-electron chi connectivity index (χ4n) is 1.84. The Bertz CT molecular complexity index is 556. The molecule has 0 unspecified atom stereocenters. The van der Waals surface area contributed by atoms with Crippen LogP contribution in [0.1, 0.15) is 25.0 Å². The van der Waals surface area contributed by atoms with Gasteiger partial charge in [0.15, 0.2) is 0 Å². The lowest BCUT2D eigenvalue weighted by Crippen LogP contribution is -2.37. The second-order valence-electron chi connectivity index (χ2n) is 4.99. The van der Waals surface area contributed by atoms with Crippen LogP contribution < -0.4 is 5.73 Å². The first-order chi connectivity index (χ1) is 9.79. The lowest BCUT2D eigenvalue weighted by atomic mass is 10.1. The Kier molecular flexibility index (Phi) is 6.05. The molecular weight excluding hydrogens is 275 g/mol. The minimum Gasteiger partial charge on any atom is -0.478 e. The molecule has 0 atom stereocenters. The minimum absolute atomic E-state index is 0.0977. The molecule has 0 bridgehead atoms. The van der Waals surface area contributed by atoms with E-state index in [9.17, 15) is 14.0 Å². The summed E-state index contributed by atoms with van der Waals surface area (Å²) in [6, 6.07) is 4.54. The molecule has 0 aliphatic carbocycles. The van der Waals surface area contributed by atoms with Crippen molar-refractivity contribution in [1.29, 1.82) is 0 Å². The van der Waals surface area contributed by atoms with Crippen molar-refractivity contribution in [3.8, 4) is 0 Å². The van der Waals surface area contributed by atoms with Crippen LogP contribution in [0.25, 0.3) is 6.08 Å². The summed E-state index contributed by atoms with van der Waals surface area (Å²) in [6.45, 7) is 4.39. The fourth-order valence-corrected chi connectivity index (χ4v) is 1.84. The number of benzene rings is 1. The number of hydrogen-bond acceptors (Lipinski definition) is 3. The second-order valence-corrected chi connectivity index (χ2v) is 4.99. The van der Waals surface area contributed by atoms with Crippen LogP contribution in [-0.2, 0) is 16.1 Å². The van der Waals surface area contributed by atoms with Gasteiger partial charge in [0.1, 0.15) is 5.82 Å². The summed E-state index contributed by atoms with van der Waals surface area (Å²) >= 11 is 0. The summed E-state index contributed by atoms with van der Waals surface area (Å²) in [4.78, 5) is 23.4. The van der Waals surface area contributed by atoms with Gasteiger partial charge in [-0.1, -0.05) is 6.07 Å². The molecule has 1 aromatic rings. The van der Waals surface area contributed by atoms with Crippen molar-refractivity contribution in [2.45, 2.75) is 26.4 Å². The van der Waals surface area contributed by atoms with Gasteiger partial charge in [0.25, 0.3) is 0 Å². The predicted octanol–water partition coefficient (Wildman–Crippen LogP) is 1.62. The number of carboxylic acids is 1. The van der Waals surface area contributed by atoms with Gasteiger partial charge in [0.2, 0.25) is 5.91 Å². The van der Waals surface area contributed by atoms with E-state index in [0.717, 1.165) is 11.6 Å². The summed E-state index contributed by atoms with van der Waals surface area (Å²) in [6.07, 6.45) is 2.08. The van der Waals surface area contributed by atoms with E-state index in [0.29, 0.717) is 6.54 Å². The SMILES string of the molecule is CC(C)N(CC(N)=O)Cc1ccc(F)c(C=CC(=O)O)c1. The third kappa shape index (κ3) is 5.74. The van der Waals surface area contributed by atoms with Crippen molar-refractivity contribution in [1.82, 2.24) is 4.90 Å². The largest absolute Gasteiger partial charge is 0.478 e. The first-order valence-electron chi connectivity index (χ1n) is 6.51. The van der Waals surface area contributed by atoms with Crippen molar-refractivity contribution >= 4 is 18.0 Å². The predicted molar refractivity (Wildman–Crippen MR) is 77.8 cm³/mol. The van der Waals surface area contributed by atoms with Crippen LogP contribution >= 0.6 is 0 Å². The van der Waals surface area contributed by atoms with Crippen LogP contribution in [0.15, 0.2) is 24.3 Å². The number of carboxylic acid groups (broad SMARTS) is 1. The highest BCUT2D eigenvalue weighted by Gasteiger charge is 2.13. The molecule has 1 aromatic carbocycles. The highest BCUT2D eigenvalue weighted by Crippen LogP contribution is 2.15. The molecule has 0 heterocycles. The molecule has 0 spiro atoms. The summed E-state index contributed by atoms with van der Waals surface area (Å²) in [5.41, 5.74) is 6.17. The summed E-state index contributed by atoms with van der Waals surface area (Å²) < 4.78 is 13.6. The number of amides is 1. The Labute approximate surface area is 122 Å². The molecule has 114 valence electrons. The molecule has 0 radical (unpaired) electrons. The lowest BCUT2D eigenvalue weighted by Gasteiger charge is -2.25. The van der Waals surface area contributed by atoms with Crippen LogP contribution in [-0.4, -0.2) is 34.5 Å². The minimum atomic E-state index is -1.14. The van der Waals surface area contributed by atoms with Crippen molar-refractivity contribution in [3.05, 3.63) is 41.2 Å². The van der Waals surface area contributed by atoms with E-state index in [1.807, 2.05) is 18.7 Å². The van der Waals surface area contributed by atoms with E-state index >= 15 is 0 Å². The van der Waals surface area contributed by atoms with E-state index in [-0.39, 0.29) is 18.2 Å². The van der Waals surface area contributed by atoms with Gasteiger partial charge >= 0.3 is 5.97 Å². The van der Waals surface area contributed by atoms with Gasteiger partial charge in [-0.25, -0.2) is 9.18 Å². The summed E-state index contributed by atoms with van der Waals surface area (Å²) in [5, 5.41) is 8.58. The van der Waals surface area contributed by atoms with Crippen LogP contribution in [0, 0.1) is 5.82 Å². The van der Waals surface area contributed by atoms with Gasteiger partial charge in [-0.05, 0) is 37.6 Å². The quantitative estimate of drug-likeness (QED) is 0.748. The zero-order valence-corrected chi connectivity index (χ0v) is 12.0. The average molecular weight is 294 g/mol. The molecule has 1 amide bonds. The van der Waals surface area contributed by atoms with Crippen LogP contribution in [0.3, 0.4) is 0 Å². The zero-order valence-electron chi connectivity index (χ0n) is 12.0. The number of rotatable bonds is 7. The maximum absolute atomic E-state index is 13.6. The molecular formula is C15H19FN2O3. The van der Waals surface area contributed by atoms with E-state index in [2.05, 4.69) is 0 Å². The van der Waals surface area contributed by atoms with Gasteiger partial charge in [-0.2, -0.15) is 0 Å². The van der Waals surface area contributed by atoms with Gasteiger partial charge in [0.05, 0.1) is 6.54 Å². The standard InChI is InChI=1S/C15H19FN2O3/c1-10(2)18(9-14(17)19)8-11-3-5-13(16)12(7-11)4-6-15(20)21/h3-7,10H,8-9H2,1-2H3,(H2,17,19)(H,20,21). The smallest absolute Gasteiger partial charge is 0.328 e. The second kappa shape index (κ2) is 7.54. The third-order valence-corrected chi connectivity index (χ3v) is 2.94. The van der Waals surface area contributed by atoms with Gasteiger partial charge < -0.3 is 10.8 Å². The highest BCUT2D eigenvalue weighted by atomic mass is 19.1. The van der Waals surface area contributed by atoms with E-state index < -0.39 is 17.7 Å². The number of nitrogens with zero attached hydrogens (tertiary/aromatic N) is 1. The Morgan fingerprint density at radius 1 is 1.43 bits per heavy atom. The van der Waals surface area contributed by atoms with Crippen molar-refractivity contribution in [2.24, 2.45) is 5.73 Å². The Morgan fingerprint density at radius 3 is 2.62 bits per heavy atom. The molecule has 0 aliphatic heterocycles. The monoisotopic (exact) mass is 294 g/mol. The molecule has 0 aromatic heterocycles. The van der Waals surface area contributed by atoms with Crippen LogP contribution in [0.5, 0.6) is 0 Å². The van der Waals surface area contributed by atoms with Crippen LogP contribution in [0.2, 0.25) is 0 Å². The Balaban J connectivity index is 2.95. The number of carbonyl (C=O) groups excluding carboxylic acids is 1.